The summed E-state index contributed by atoms with van der Waals surface area (Å²) in [5, 5.41) is 5.44. The molecule has 7 heteroatoms. The number of carbonyl (C=O) groups excluding carboxylic acids is 3. The number of nitrogens with one attached hydrogen (secondary N) is 2. The van der Waals surface area contributed by atoms with E-state index < -0.39 is 23.2 Å². The van der Waals surface area contributed by atoms with Crippen LogP contribution in [0.15, 0.2) is 30.3 Å². The van der Waals surface area contributed by atoms with Crippen LogP contribution in [0.2, 0.25) is 0 Å². The molecule has 0 saturated carbocycles. The Morgan fingerprint density at radius 2 is 1.61 bits per heavy atom. The second-order valence-electron chi connectivity index (χ2n) is 8.54. The molecule has 0 aliphatic heterocycles. The second kappa shape index (κ2) is 9.57. The first-order valence-electron chi connectivity index (χ1n) is 9.29. The van der Waals surface area contributed by atoms with E-state index in [-0.39, 0.29) is 17.8 Å². The third-order valence-corrected chi connectivity index (χ3v) is 4.14. The third-order valence-electron chi connectivity index (χ3n) is 4.14. The van der Waals surface area contributed by atoms with Gasteiger partial charge < -0.3 is 20.1 Å². The van der Waals surface area contributed by atoms with E-state index in [0.717, 1.165) is 0 Å². The van der Waals surface area contributed by atoms with Gasteiger partial charge in [0.1, 0.15) is 11.6 Å². The first kappa shape index (κ1) is 23.5. The molecule has 0 aliphatic rings. The van der Waals surface area contributed by atoms with Crippen LogP contribution < -0.4 is 10.6 Å². The van der Waals surface area contributed by atoms with Gasteiger partial charge in [0.05, 0.1) is 12.5 Å². The minimum atomic E-state index is -0.890. The predicted octanol–water partition coefficient (Wildman–Crippen LogP) is 3.74. The molecule has 0 radical (unpaired) electrons. The molecule has 2 N–H and O–H groups in total. The summed E-state index contributed by atoms with van der Waals surface area (Å²) in [5.74, 6) is -1.12. The number of para-hydroxylation sites is 1. The topological polar surface area (TPSA) is 93.7 Å². The van der Waals surface area contributed by atoms with Crippen molar-refractivity contribution in [2.24, 2.45) is 11.3 Å². The highest BCUT2D eigenvalue weighted by atomic mass is 16.6. The van der Waals surface area contributed by atoms with Crippen LogP contribution in [-0.4, -0.2) is 36.7 Å². The van der Waals surface area contributed by atoms with Crippen LogP contribution in [0.4, 0.5) is 10.5 Å². The molecule has 156 valence electrons. The van der Waals surface area contributed by atoms with Gasteiger partial charge in [-0.05, 0) is 59.1 Å². The second-order valence-corrected chi connectivity index (χ2v) is 8.54. The Morgan fingerprint density at radius 3 is 2.11 bits per heavy atom. The predicted molar refractivity (Wildman–Crippen MR) is 108 cm³/mol. The number of methoxy groups -OCH3 is 1. The summed E-state index contributed by atoms with van der Waals surface area (Å²) in [7, 11) is 1.33. The van der Waals surface area contributed by atoms with E-state index >= 15 is 0 Å². The maximum Gasteiger partial charge on any atom is 0.408 e. The zero-order valence-electron chi connectivity index (χ0n) is 17.8. The van der Waals surface area contributed by atoms with Crippen LogP contribution in [-0.2, 0) is 19.1 Å². The first-order chi connectivity index (χ1) is 12.9. The summed E-state index contributed by atoms with van der Waals surface area (Å²) in [6, 6.07) is 8.06. The minimum absolute atomic E-state index is 0.336. The fourth-order valence-electron chi connectivity index (χ4n) is 2.92. The van der Waals surface area contributed by atoms with E-state index in [0.29, 0.717) is 12.1 Å². The van der Waals surface area contributed by atoms with Crippen molar-refractivity contribution in [3.05, 3.63) is 30.3 Å². The molecule has 1 unspecified atom stereocenters. The Balaban J connectivity index is 3.00. The lowest BCUT2D eigenvalue weighted by Gasteiger charge is -2.31. The van der Waals surface area contributed by atoms with Crippen molar-refractivity contribution in [2.75, 3.05) is 12.4 Å². The van der Waals surface area contributed by atoms with Crippen LogP contribution in [0, 0.1) is 11.3 Å². The van der Waals surface area contributed by atoms with Crippen LogP contribution >= 0.6 is 0 Å². The van der Waals surface area contributed by atoms with Crippen LogP contribution in [0.1, 0.15) is 48.0 Å². The van der Waals surface area contributed by atoms with Crippen LogP contribution in [0.3, 0.4) is 0 Å². The van der Waals surface area contributed by atoms with Gasteiger partial charge in [0.15, 0.2) is 0 Å². The average Bonchev–Trinajstić information content (AvgIpc) is 2.57. The summed E-state index contributed by atoms with van der Waals surface area (Å²) >= 11 is 0. The van der Waals surface area contributed by atoms with Crippen molar-refractivity contribution >= 4 is 23.7 Å². The highest BCUT2D eigenvalue weighted by Gasteiger charge is 2.36. The molecule has 0 bridgehead atoms. The van der Waals surface area contributed by atoms with Gasteiger partial charge in [0.2, 0.25) is 5.91 Å². The Bertz CT molecular complexity index is 680. The molecule has 1 aromatic carbocycles. The van der Waals surface area contributed by atoms with E-state index in [9.17, 15) is 14.4 Å². The maximum atomic E-state index is 12.9. The summed E-state index contributed by atoms with van der Waals surface area (Å²) in [5.41, 5.74) is -0.892. The van der Waals surface area contributed by atoms with Gasteiger partial charge >= 0.3 is 12.1 Å². The van der Waals surface area contributed by atoms with Crippen molar-refractivity contribution in [1.29, 1.82) is 0 Å². The number of rotatable bonds is 7. The number of anilines is 1. The third kappa shape index (κ3) is 7.58. The molecule has 0 saturated heterocycles. The molecule has 1 aromatic rings. The lowest BCUT2D eigenvalue weighted by molar-refractivity contribution is -0.152. The molecule has 7 nitrogen and oxygen atoms in total. The number of carbonyl (C=O) groups is 3. The van der Waals surface area contributed by atoms with Gasteiger partial charge in [-0.1, -0.05) is 25.1 Å². The molecule has 0 heterocycles. The number of amides is 2. The van der Waals surface area contributed by atoms with Gasteiger partial charge in [0.25, 0.3) is 0 Å². The molecule has 28 heavy (non-hydrogen) atoms. The van der Waals surface area contributed by atoms with E-state index in [2.05, 4.69) is 10.6 Å². The Kier molecular flexibility index (Phi) is 8.02. The van der Waals surface area contributed by atoms with Gasteiger partial charge in [-0.25, -0.2) is 4.79 Å². The Labute approximate surface area is 167 Å². The summed E-state index contributed by atoms with van der Waals surface area (Å²) in [6.07, 6.45) is -0.356. The number of hydrogen-bond donors (Lipinski definition) is 2. The largest absolute Gasteiger partial charge is 0.469 e. The molecular weight excluding hydrogens is 360 g/mol. The van der Waals surface area contributed by atoms with Gasteiger partial charge in [-0.2, -0.15) is 0 Å². The minimum Gasteiger partial charge on any atom is -0.469 e. The van der Waals surface area contributed by atoms with Crippen molar-refractivity contribution in [3.63, 3.8) is 0 Å². The highest BCUT2D eigenvalue weighted by molar-refractivity contribution is 5.96. The average molecular weight is 392 g/mol. The molecule has 0 aromatic heterocycles. The van der Waals surface area contributed by atoms with Crippen molar-refractivity contribution < 1.29 is 23.9 Å². The SMILES string of the molecule is COC(=O)C(C)(C)CC(C)[C@H](NC(=O)OC(C)(C)C)C(=O)Nc1ccccc1. The van der Waals surface area contributed by atoms with E-state index in [1.165, 1.54) is 7.11 Å². The Morgan fingerprint density at radius 1 is 1.04 bits per heavy atom. The standard InChI is InChI=1S/C21H32N2O5/c1-14(13-21(5,6)18(25)27-7)16(23-19(26)28-20(2,3)4)17(24)22-15-11-9-8-10-12-15/h8-12,14,16H,13H2,1-7H3,(H,22,24)(H,23,26)/t14?,16-/m0/s1. The summed E-state index contributed by atoms with van der Waals surface area (Å²) in [4.78, 5) is 37.2. The van der Waals surface area contributed by atoms with Gasteiger partial charge in [0, 0.05) is 5.69 Å². The molecule has 1 rings (SSSR count). The van der Waals surface area contributed by atoms with Gasteiger partial charge in [-0.15, -0.1) is 0 Å². The number of alkyl carbamates (subject to hydrolysis) is 1. The van der Waals surface area contributed by atoms with Crippen molar-refractivity contribution in [3.8, 4) is 0 Å². The summed E-state index contributed by atoms with van der Waals surface area (Å²) < 4.78 is 10.1. The molecule has 2 atom stereocenters. The Hall–Kier alpha value is -2.57. The smallest absolute Gasteiger partial charge is 0.408 e. The monoisotopic (exact) mass is 392 g/mol. The molecule has 0 spiro atoms. The van der Waals surface area contributed by atoms with E-state index in [1.807, 2.05) is 6.07 Å². The number of ether oxygens (including phenoxy) is 2. The first-order valence-corrected chi connectivity index (χ1v) is 9.29. The highest BCUT2D eigenvalue weighted by Crippen LogP contribution is 2.29. The normalized spacial score (nSPS) is 13.8. The fourth-order valence-corrected chi connectivity index (χ4v) is 2.92. The quantitative estimate of drug-likeness (QED) is 0.690. The van der Waals surface area contributed by atoms with Crippen LogP contribution in [0.5, 0.6) is 0 Å². The zero-order chi connectivity index (χ0) is 21.5. The van der Waals surface area contributed by atoms with Crippen molar-refractivity contribution in [1.82, 2.24) is 5.32 Å². The lowest BCUT2D eigenvalue weighted by Crippen LogP contribution is -2.50. The van der Waals surface area contributed by atoms with Gasteiger partial charge in [-0.3, -0.25) is 9.59 Å². The number of hydrogen-bond acceptors (Lipinski definition) is 5. The lowest BCUT2D eigenvalue weighted by atomic mass is 9.80. The molecule has 0 aliphatic carbocycles. The molecule has 0 fully saturated rings. The summed E-state index contributed by atoms with van der Waals surface area (Å²) in [6.45, 7) is 10.5. The van der Waals surface area contributed by atoms with E-state index in [4.69, 9.17) is 9.47 Å². The molecular formula is C21H32N2O5. The zero-order valence-corrected chi connectivity index (χ0v) is 17.8. The number of benzene rings is 1. The van der Waals surface area contributed by atoms with Crippen molar-refractivity contribution in [2.45, 2.75) is 59.6 Å². The van der Waals surface area contributed by atoms with E-state index in [1.54, 1.807) is 65.8 Å². The fraction of sp³-hybridized carbons (Fsp3) is 0.571. The van der Waals surface area contributed by atoms with Crippen LogP contribution in [0.25, 0.3) is 0 Å². The number of esters is 1. The maximum absolute atomic E-state index is 12.9. The molecule has 2 amide bonds.